The van der Waals surface area contributed by atoms with Gasteiger partial charge in [0.05, 0.1) is 47.4 Å². The van der Waals surface area contributed by atoms with Gasteiger partial charge in [0, 0.05) is 22.2 Å². The second-order valence-corrected chi connectivity index (χ2v) is 9.89. The number of fused-ring (bicyclic) bond motifs is 8. The van der Waals surface area contributed by atoms with Gasteiger partial charge in [-0.3, -0.25) is 14.6 Å². The maximum atomic E-state index is 13.4. The molecule has 7 nitrogen and oxygen atoms in total. The zero-order valence-corrected chi connectivity index (χ0v) is 18.7. The second kappa shape index (κ2) is 6.96. The van der Waals surface area contributed by atoms with Crippen molar-refractivity contribution in [3.63, 3.8) is 0 Å². The molecule has 33 heavy (non-hydrogen) atoms. The lowest BCUT2D eigenvalue weighted by Crippen LogP contribution is -2.50. The topological polar surface area (TPSA) is 75.1 Å². The van der Waals surface area contributed by atoms with Crippen molar-refractivity contribution in [3.05, 3.63) is 76.8 Å². The van der Waals surface area contributed by atoms with Gasteiger partial charge < -0.3 is 4.74 Å². The molecule has 0 radical (unpaired) electrons. The zero-order valence-electron chi connectivity index (χ0n) is 17.1. The molecule has 3 fully saturated rings. The number of hydrazone groups is 1. The highest BCUT2D eigenvalue weighted by molar-refractivity contribution is 7.14. The average molecular weight is 477 g/mol. The fourth-order valence-corrected chi connectivity index (χ4v) is 6.72. The van der Waals surface area contributed by atoms with E-state index in [-0.39, 0.29) is 23.8 Å². The Morgan fingerprint density at radius 2 is 1.64 bits per heavy atom. The number of anilines is 2. The molecule has 9 heteroatoms. The molecule has 1 aromatic heterocycles. The molecule has 2 aromatic carbocycles. The smallest absolute Gasteiger partial charge is 0.242 e. The first-order valence-corrected chi connectivity index (χ1v) is 12.0. The van der Waals surface area contributed by atoms with E-state index in [0.29, 0.717) is 10.2 Å². The maximum absolute atomic E-state index is 13.4. The number of hydrogen-bond acceptors (Lipinski definition) is 7. The number of nitrogens with zero attached hydrogens (tertiary/aromatic N) is 4. The van der Waals surface area contributed by atoms with Crippen LogP contribution in [0.1, 0.15) is 5.56 Å². The molecule has 0 aliphatic carbocycles. The molecule has 6 unspecified atom stereocenters. The first-order chi connectivity index (χ1) is 16.1. The lowest BCUT2D eigenvalue weighted by atomic mass is 9.70. The Labute approximate surface area is 198 Å². The summed E-state index contributed by atoms with van der Waals surface area (Å²) >= 11 is 7.86. The number of aromatic nitrogens is 1. The normalized spacial score (nSPS) is 31.8. The molecular formula is C24H17ClN4O3S. The predicted molar refractivity (Wildman–Crippen MR) is 124 cm³/mol. The van der Waals surface area contributed by atoms with Crippen LogP contribution in [-0.2, 0) is 14.3 Å². The van der Waals surface area contributed by atoms with Gasteiger partial charge in [-0.25, -0.2) is 9.88 Å². The molecule has 4 aliphatic heterocycles. The van der Waals surface area contributed by atoms with Crippen LogP contribution in [0.25, 0.3) is 0 Å². The predicted octanol–water partition coefficient (Wildman–Crippen LogP) is 3.59. The number of carbonyl (C=O) groups is 2. The van der Waals surface area contributed by atoms with Gasteiger partial charge in [0.25, 0.3) is 0 Å². The monoisotopic (exact) mass is 476 g/mol. The molecule has 3 aromatic rings. The SMILES string of the molecule is O=C1C2C3OC(C2C(=O)N1c1nccs1)C1C3C(c2ccccc2Cl)=NN1c1ccccc1. The molecule has 0 saturated carbocycles. The van der Waals surface area contributed by atoms with Crippen LogP contribution in [0.2, 0.25) is 5.02 Å². The van der Waals surface area contributed by atoms with Gasteiger partial charge in [-0.05, 0) is 18.2 Å². The van der Waals surface area contributed by atoms with Crippen LogP contribution in [-0.4, -0.2) is 40.8 Å². The number of carbonyl (C=O) groups excluding carboxylic acids is 2. The third kappa shape index (κ3) is 2.54. The van der Waals surface area contributed by atoms with E-state index in [1.54, 1.807) is 11.6 Å². The average Bonchev–Trinajstić information content (AvgIpc) is 3.63. The van der Waals surface area contributed by atoms with E-state index in [2.05, 4.69) is 4.98 Å². The van der Waals surface area contributed by atoms with Gasteiger partial charge in [-0.15, -0.1) is 11.3 Å². The van der Waals surface area contributed by atoms with E-state index in [4.69, 9.17) is 21.4 Å². The van der Waals surface area contributed by atoms with Crippen molar-refractivity contribution in [2.75, 3.05) is 9.91 Å². The van der Waals surface area contributed by atoms with E-state index < -0.39 is 24.0 Å². The Balaban J connectivity index is 1.35. The Hall–Kier alpha value is -3.07. The van der Waals surface area contributed by atoms with Crippen LogP contribution in [0.15, 0.2) is 71.3 Å². The van der Waals surface area contributed by atoms with E-state index >= 15 is 0 Å². The molecule has 164 valence electrons. The van der Waals surface area contributed by atoms with Gasteiger partial charge in [-0.2, -0.15) is 5.10 Å². The zero-order chi connectivity index (χ0) is 22.3. The quantitative estimate of drug-likeness (QED) is 0.540. The summed E-state index contributed by atoms with van der Waals surface area (Å²) in [5.41, 5.74) is 2.54. The van der Waals surface area contributed by atoms with Crippen LogP contribution in [0, 0.1) is 17.8 Å². The third-order valence-electron chi connectivity index (χ3n) is 7.07. The maximum Gasteiger partial charge on any atom is 0.242 e. The number of para-hydroxylation sites is 1. The van der Waals surface area contributed by atoms with Crippen LogP contribution in [0.4, 0.5) is 10.8 Å². The lowest BCUT2D eigenvalue weighted by molar-refractivity contribution is -0.125. The molecule has 5 heterocycles. The highest BCUT2D eigenvalue weighted by atomic mass is 35.5. The Morgan fingerprint density at radius 1 is 0.909 bits per heavy atom. The van der Waals surface area contributed by atoms with Crippen molar-refractivity contribution in [2.24, 2.45) is 22.9 Å². The van der Waals surface area contributed by atoms with Gasteiger partial charge in [0.2, 0.25) is 11.8 Å². The fraction of sp³-hybridized carbons (Fsp3) is 0.250. The van der Waals surface area contributed by atoms with Gasteiger partial charge in [0.15, 0.2) is 5.13 Å². The van der Waals surface area contributed by atoms with Crippen molar-refractivity contribution in [3.8, 4) is 0 Å². The Kier molecular flexibility index (Phi) is 4.09. The molecule has 3 saturated heterocycles. The van der Waals surface area contributed by atoms with Gasteiger partial charge >= 0.3 is 0 Å². The summed E-state index contributed by atoms with van der Waals surface area (Å²) in [4.78, 5) is 32.4. The largest absolute Gasteiger partial charge is 0.370 e. The molecule has 2 bridgehead atoms. The summed E-state index contributed by atoms with van der Waals surface area (Å²) in [6.45, 7) is 0. The number of amides is 2. The van der Waals surface area contributed by atoms with Gasteiger partial charge in [0.1, 0.15) is 0 Å². The molecule has 7 rings (SSSR count). The molecule has 6 atom stereocenters. The van der Waals surface area contributed by atoms with E-state index in [1.807, 2.05) is 59.6 Å². The summed E-state index contributed by atoms with van der Waals surface area (Å²) in [5, 5.41) is 9.74. The fourth-order valence-electron chi connectivity index (χ4n) is 5.84. The molecule has 0 N–H and O–H groups in total. The molecular weight excluding hydrogens is 460 g/mol. The van der Waals surface area contributed by atoms with Crippen LogP contribution >= 0.6 is 22.9 Å². The number of thiazole rings is 1. The standard InChI is InChI=1S/C24H17ClN4O3S/c25-14-9-5-4-8-13(14)18-17-19(29(27-18)12-6-2-1-3-7-12)21-16-15(20(17)32-21)22(30)28(23(16)31)24-26-10-11-33-24/h1-11,15-17,19-21H. The summed E-state index contributed by atoms with van der Waals surface area (Å²) in [5.74, 6) is -1.73. The highest BCUT2D eigenvalue weighted by Crippen LogP contribution is 2.56. The lowest BCUT2D eigenvalue weighted by Gasteiger charge is -2.32. The Morgan fingerprint density at radius 3 is 2.36 bits per heavy atom. The number of halogens is 1. The minimum atomic E-state index is -0.545. The van der Waals surface area contributed by atoms with Crippen molar-refractivity contribution in [1.82, 2.24) is 4.98 Å². The van der Waals surface area contributed by atoms with E-state index in [0.717, 1.165) is 17.0 Å². The van der Waals surface area contributed by atoms with E-state index in [9.17, 15) is 9.59 Å². The molecule has 2 amide bonds. The minimum absolute atomic E-state index is 0.177. The molecule has 4 aliphatic rings. The van der Waals surface area contributed by atoms with Crippen molar-refractivity contribution in [2.45, 2.75) is 18.2 Å². The second-order valence-electron chi connectivity index (χ2n) is 8.61. The minimum Gasteiger partial charge on any atom is -0.370 e. The van der Waals surface area contributed by atoms with Crippen LogP contribution in [0.3, 0.4) is 0 Å². The number of hydrogen-bond donors (Lipinski definition) is 0. The van der Waals surface area contributed by atoms with Crippen molar-refractivity contribution >= 4 is 51.3 Å². The number of rotatable bonds is 3. The first-order valence-electron chi connectivity index (χ1n) is 10.8. The van der Waals surface area contributed by atoms with Crippen LogP contribution in [0.5, 0.6) is 0 Å². The van der Waals surface area contributed by atoms with Crippen LogP contribution < -0.4 is 9.91 Å². The number of ether oxygens (including phenoxy) is 1. The third-order valence-corrected chi connectivity index (χ3v) is 8.16. The Bertz CT molecular complexity index is 1310. The molecule has 0 spiro atoms. The number of imide groups is 1. The van der Waals surface area contributed by atoms with E-state index in [1.165, 1.54) is 16.2 Å². The summed E-state index contributed by atoms with van der Waals surface area (Å²) in [6, 6.07) is 17.2. The van der Waals surface area contributed by atoms with Crippen molar-refractivity contribution in [1.29, 1.82) is 0 Å². The number of benzene rings is 2. The highest BCUT2D eigenvalue weighted by Gasteiger charge is 2.72. The van der Waals surface area contributed by atoms with Crippen molar-refractivity contribution < 1.29 is 14.3 Å². The summed E-state index contributed by atoms with van der Waals surface area (Å²) in [7, 11) is 0. The summed E-state index contributed by atoms with van der Waals surface area (Å²) in [6.07, 6.45) is 0.707. The first kappa shape index (κ1) is 19.4. The van der Waals surface area contributed by atoms with Gasteiger partial charge in [-0.1, -0.05) is 48.0 Å². The summed E-state index contributed by atoms with van der Waals surface area (Å²) < 4.78 is 6.41.